The maximum atomic E-state index is 5.84. The van der Waals surface area contributed by atoms with Crippen molar-refractivity contribution in [2.45, 2.75) is 50.6 Å². The molecule has 0 aliphatic heterocycles. The van der Waals surface area contributed by atoms with Gasteiger partial charge in [0.15, 0.2) is 0 Å². The molecule has 5 rings (SSSR count). The predicted molar refractivity (Wildman–Crippen MR) is 77.0 cm³/mol. The molecule has 102 valence electrons. The molecule has 2 nitrogen and oxygen atoms in total. The van der Waals surface area contributed by atoms with Gasteiger partial charge in [-0.15, -0.1) is 0 Å². The summed E-state index contributed by atoms with van der Waals surface area (Å²) in [4.78, 5) is 4.17. The summed E-state index contributed by atoms with van der Waals surface area (Å²) in [5.74, 6) is 3.01. The molecule has 4 fully saturated rings. The van der Waals surface area contributed by atoms with Crippen LogP contribution in [0.4, 0.5) is 0 Å². The van der Waals surface area contributed by atoms with Crippen LogP contribution in [0.15, 0.2) is 18.3 Å². The van der Waals surface area contributed by atoms with Gasteiger partial charge >= 0.3 is 0 Å². The first-order valence-electron chi connectivity index (χ1n) is 7.56. The highest BCUT2D eigenvalue weighted by Gasteiger charge is 2.50. The molecular formula is C16H21ClN2. The summed E-state index contributed by atoms with van der Waals surface area (Å²) >= 11 is 5.84. The van der Waals surface area contributed by atoms with Crippen LogP contribution >= 0.6 is 11.6 Å². The quantitative estimate of drug-likeness (QED) is 0.850. The van der Waals surface area contributed by atoms with E-state index < -0.39 is 0 Å². The first kappa shape index (κ1) is 12.2. The molecule has 0 radical (unpaired) electrons. The van der Waals surface area contributed by atoms with Gasteiger partial charge in [0.25, 0.3) is 0 Å². The largest absolute Gasteiger partial charge is 0.307 e. The molecule has 19 heavy (non-hydrogen) atoms. The standard InChI is InChI=1S/C16H21ClN2/c17-15-2-1-11(9-18-15)10-19-16-6-12-3-13(7-16)5-14(4-12)8-16/h1-2,9,12-14,19H,3-8,10H2. The number of aromatic nitrogens is 1. The lowest BCUT2D eigenvalue weighted by Gasteiger charge is -2.57. The Morgan fingerprint density at radius 1 is 1.11 bits per heavy atom. The molecule has 0 amide bonds. The third kappa shape index (κ3) is 2.30. The number of hydrogen-bond donors (Lipinski definition) is 1. The third-order valence-electron chi connectivity index (χ3n) is 5.49. The van der Waals surface area contributed by atoms with Crippen molar-refractivity contribution >= 4 is 11.6 Å². The predicted octanol–water partition coefficient (Wildman–Crippen LogP) is 3.79. The number of nitrogens with zero attached hydrogens (tertiary/aromatic N) is 1. The zero-order chi connectivity index (χ0) is 12.9. The van der Waals surface area contributed by atoms with Crippen molar-refractivity contribution in [1.29, 1.82) is 0 Å². The van der Waals surface area contributed by atoms with Crippen LogP contribution in [0.5, 0.6) is 0 Å². The summed E-state index contributed by atoms with van der Waals surface area (Å²) in [5, 5.41) is 4.46. The molecule has 0 atom stereocenters. The Morgan fingerprint density at radius 2 is 1.74 bits per heavy atom. The van der Waals surface area contributed by atoms with E-state index in [4.69, 9.17) is 11.6 Å². The molecule has 4 aliphatic carbocycles. The Labute approximate surface area is 120 Å². The molecule has 0 saturated heterocycles. The highest BCUT2D eigenvalue weighted by Crippen LogP contribution is 2.55. The summed E-state index contributed by atoms with van der Waals surface area (Å²) in [7, 11) is 0. The minimum absolute atomic E-state index is 0.439. The van der Waals surface area contributed by atoms with Gasteiger partial charge in [0.1, 0.15) is 5.15 Å². The zero-order valence-electron chi connectivity index (χ0n) is 11.2. The summed E-state index contributed by atoms with van der Waals surface area (Å²) in [6, 6.07) is 3.97. The van der Waals surface area contributed by atoms with Gasteiger partial charge < -0.3 is 5.32 Å². The lowest BCUT2D eigenvalue weighted by atomic mass is 9.53. The van der Waals surface area contributed by atoms with Gasteiger partial charge in [-0.2, -0.15) is 0 Å². The van der Waals surface area contributed by atoms with E-state index in [1.54, 1.807) is 0 Å². The summed E-state index contributed by atoms with van der Waals surface area (Å²) < 4.78 is 0. The van der Waals surface area contributed by atoms with Crippen LogP contribution in [0, 0.1) is 17.8 Å². The normalized spacial score (nSPS) is 39.7. The van der Waals surface area contributed by atoms with E-state index in [0.29, 0.717) is 10.7 Å². The second kappa shape index (κ2) is 4.46. The number of rotatable bonds is 3. The lowest BCUT2D eigenvalue weighted by molar-refractivity contribution is -0.0206. The first-order valence-corrected chi connectivity index (χ1v) is 7.94. The first-order chi connectivity index (χ1) is 9.21. The molecule has 4 aliphatic rings. The minimum atomic E-state index is 0.439. The molecule has 3 heteroatoms. The third-order valence-corrected chi connectivity index (χ3v) is 5.72. The van der Waals surface area contributed by atoms with E-state index in [1.165, 1.54) is 44.1 Å². The summed E-state index contributed by atoms with van der Waals surface area (Å²) in [5.41, 5.74) is 1.69. The maximum Gasteiger partial charge on any atom is 0.129 e. The molecule has 1 N–H and O–H groups in total. The van der Waals surface area contributed by atoms with Crippen molar-refractivity contribution in [2.24, 2.45) is 17.8 Å². The zero-order valence-corrected chi connectivity index (χ0v) is 12.0. The van der Waals surface area contributed by atoms with Gasteiger partial charge in [-0.1, -0.05) is 17.7 Å². The Balaban J connectivity index is 1.46. The summed E-state index contributed by atoms with van der Waals surface area (Å²) in [6.07, 6.45) is 10.6. The van der Waals surface area contributed by atoms with E-state index in [9.17, 15) is 0 Å². The van der Waals surface area contributed by atoms with E-state index in [0.717, 1.165) is 24.3 Å². The highest BCUT2D eigenvalue weighted by atomic mass is 35.5. The average Bonchev–Trinajstić information content (AvgIpc) is 2.36. The second-order valence-corrected chi connectivity index (χ2v) is 7.43. The van der Waals surface area contributed by atoms with E-state index in [-0.39, 0.29) is 0 Å². The number of hydrogen-bond acceptors (Lipinski definition) is 2. The Morgan fingerprint density at radius 3 is 2.26 bits per heavy atom. The fourth-order valence-corrected chi connectivity index (χ4v) is 5.24. The van der Waals surface area contributed by atoms with E-state index in [1.807, 2.05) is 12.3 Å². The van der Waals surface area contributed by atoms with Crippen molar-refractivity contribution in [3.63, 3.8) is 0 Å². The molecule has 0 spiro atoms. The van der Waals surface area contributed by atoms with Gasteiger partial charge in [0, 0.05) is 18.3 Å². The van der Waals surface area contributed by atoms with Crippen molar-refractivity contribution < 1.29 is 0 Å². The van der Waals surface area contributed by atoms with Crippen LogP contribution < -0.4 is 5.32 Å². The second-order valence-electron chi connectivity index (χ2n) is 7.04. The van der Waals surface area contributed by atoms with Crippen LogP contribution in [-0.2, 0) is 6.54 Å². The highest BCUT2D eigenvalue weighted by molar-refractivity contribution is 6.29. The van der Waals surface area contributed by atoms with Crippen molar-refractivity contribution in [3.05, 3.63) is 29.0 Å². The van der Waals surface area contributed by atoms with E-state index >= 15 is 0 Å². The fourth-order valence-electron chi connectivity index (χ4n) is 5.13. The number of halogens is 1. The van der Waals surface area contributed by atoms with Crippen LogP contribution in [-0.4, -0.2) is 10.5 Å². The Bertz CT molecular complexity index is 433. The van der Waals surface area contributed by atoms with Gasteiger partial charge in [-0.3, -0.25) is 0 Å². The van der Waals surface area contributed by atoms with Crippen LogP contribution in [0.25, 0.3) is 0 Å². The van der Waals surface area contributed by atoms with Crippen molar-refractivity contribution in [2.75, 3.05) is 0 Å². The van der Waals surface area contributed by atoms with E-state index in [2.05, 4.69) is 16.4 Å². The molecule has 1 heterocycles. The topological polar surface area (TPSA) is 24.9 Å². The van der Waals surface area contributed by atoms with Crippen LogP contribution in [0.3, 0.4) is 0 Å². The maximum absolute atomic E-state index is 5.84. The Hall–Kier alpha value is -0.600. The van der Waals surface area contributed by atoms with Crippen LogP contribution in [0.1, 0.15) is 44.1 Å². The number of nitrogens with one attached hydrogen (secondary N) is 1. The van der Waals surface area contributed by atoms with Crippen molar-refractivity contribution in [1.82, 2.24) is 10.3 Å². The molecule has 1 aromatic heterocycles. The number of pyridine rings is 1. The fraction of sp³-hybridized carbons (Fsp3) is 0.688. The van der Waals surface area contributed by atoms with Gasteiger partial charge in [0.2, 0.25) is 0 Å². The Kier molecular flexibility index (Phi) is 2.85. The van der Waals surface area contributed by atoms with Crippen molar-refractivity contribution in [3.8, 4) is 0 Å². The average molecular weight is 277 g/mol. The van der Waals surface area contributed by atoms with Gasteiger partial charge in [-0.05, 0) is 67.9 Å². The molecule has 0 unspecified atom stereocenters. The van der Waals surface area contributed by atoms with Gasteiger partial charge in [-0.25, -0.2) is 4.98 Å². The summed E-state index contributed by atoms with van der Waals surface area (Å²) in [6.45, 7) is 0.941. The lowest BCUT2D eigenvalue weighted by Crippen LogP contribution is -2.58. The molecule has 4 bridgehead atoms. The minimum Gasteiger partial charge on any atom is -0.307 e. The SMILES string of the molecule is Clc1ccc(CNC23CC4CC(CC(C4)C2)C3)cn1. The monoisotopic (exact) mass is 276 g/mol. The molecule has 1 aromatic rings. The van der Waals surface area contributed by atoms with Crippen LogP contribution in [0.2, 0.25) is 5.15 Å². The molecular weight excluding hydrogens is 256 g/mol. The smallest absolute Gasteiger partial charge is 0.129 e. The molecule has 4 saturated carbocycles. The van der Waals surface area contributed by atoms with Gasteiger partial charge in [0.05, 0.1) is 0 Å². The molecule has 0 aromatic carbocycles.